The molecular formula is C29H35ClN2O. The van der Waals surface area contributed by atoms with Crippen LogP contribution in [0.25, 0.3) is 0 Å². The molecule has 0 radical (unpaired) electrons. The Hall–Kier alpha value is -2.13. The van der Waals surface area contributed by atoms with Gasteiger partial charge in [-0.1, -0.05) is 55.5 Å². The average Bonchev–Trinajstić information content (AvgIpc) is 3.41. The van der Waals surface area contributed by atoms with Gasteiger partial charge in [-0.2, -0.15) is 10.2 Å². The number of aryl methyl sites for hydroxylation is 1. The maximum atomic E-state index is 6.72. The quantitative estimate of drug-likeness (QED) is 0.429. The summed E-state index contributed by atoms with van der Waals surface area (Å²) in [5.74, 6) is 2.74. The van der Waals surface area contributed by atoms with Gasteiger partial charge < -0.3 is 4.74 Å². The van der Waals surface area contributed by atoms with Gasteiger partial charge in [-0.15, -0.1) is 0 Å². The van der Waals surface area contributed by atoms with Crippen LogP contribution in [-0.4, -0.2) is 11.4 Å². The van der Waals surface area contributed by atoms with Gasteiger partial charge in [0, 0.05) is 28.3 Å². The molecule has 2 aromatic rings. The number of fused-ring (bicyclic) bond motifs is 1. The highest BCUT2D eigenvalue weighted by Crippen LogP contribution is 2.47. The summed E-state index contributed by atoms with van der Waals surface area (Å²) < 4.78 is 6.72. The summed E-state index contributed by atoms with van der Waals surface area (Å²) in [7, 11) is 0. The molecule has 1 saturated carbocycles. The van der Waals surface area contributed by atoms with Gasteiger partial charge in [0.25, 0.3) is 0 Å². The molecule has 0 saturated heterocycles. The summed E-state index contributed by atoms with van der Waals surface area (Å²) >= 11 is 6.69. The van der Waals surface area contributed by atoms with Crippen molar-refractivity contribution in [3.63, 3.8) is 0 Å². The first-order valence-electron chi connectivity index (χ1n) is 12.6. The Kier molecular flexibility index (Phi) is 6.60. The second kappa shape index (κ2) is 9.62. The van der Waals surface area contributed by atoms with Gasteiger partial charge >= 0.3 is 0 Å². The molecule has 5 rings (SSSR count). The topological polar surface area (TPSA) is 34.0 Å². The van der Waals surface area contributed by atoms with Crippen LogP contribution < -0.4 is 4.74 Å². The SMILES string of the molecule is CC1=NN=C(C)C(Cc2ccc(OC3c4cc(C)cc(Cl)c4CC3CC3CCCC3)cc2)C1. The molecule has 2 aromatic carbocycles. The number of rotatable bonds is 6. The van der Waals surface area contributed by atoms with Crippen molar-refractivity contribution in [3.05, 3.63) is 63.7 Å². The van der Waals surface area contributed by atoms with E-state index in [1.165, 1.54) is 54.4 Å². The third kappa shape index (κ3) is 5.04. The molecular weight excluding hydrogens is 428 g/mol. The Morgan fingerprint density at radius 3 is 2.48 bits per heavy atom. The van der Waals surface area contributed by atoms with Crippen LogP contribution in [-0.2, 0) is 12.8 Å². The van der Waals surface area contributed by atoms with E-state index in [4.69, 9.17) is 16.3 Å². The number of ether oxygens (including phenoxy) is 1. The largest absolute Gasteiger partial charge is 0.485 e. The van der Waals surface area contributed by atoms with Gasteiger partial charge in [0.1, 0.15) is 11.9 Å². The Morgan fingerprint density at radius 2 is 1.73 bits per heavy atom. The zero-order valence-corrected chi connectivity index (χ0v) is 20.9. The normalized spacial score (nSPS) is 25.0. The van der Waals surface area contributed by atoms with Crippen molar-refractivity contribution in [3.8, 4) is 5.75 Å². The second-order valence-electron chi connectivity index (χ2n) is 10.5. The highest BCUT2D eigenvalue weighted by atomic mass is 35.5. The third-order valence-electron chi connectivity index (χ3n) is 7.87. The van der Waals surface area contributed by atoms with Crippen molar-refractivity contribution >= 4 is 23.0 Å². The van der Waals surface area contributed by atoms with Crippen molar-refractivity contribution in [2.75, 3.05) is 0 Å². The molecule has 3 nitrogen and oxygen atoms in total. The average molecular weight is 463 g/mol. The van der Waals surface area contributed by atoms with E-state index in [0.29, 0.717) is 11.8 Å². The summed E-state index contributed by atoms with van der Waals surface area (Å²) in [6.07, 6.45) is 9.87. The maximum Gasteiger partial charge on any atom is 0.127 e. The predicted molar refractivity (Wildman–Crippen MR) is 138 cm³/mol. The zero-order valence-electron chi connectivity index (χ0n) is 20.1. The van der Waals surface area contributed by atoms with Crippen LogP contribution in [0.4, 0.5) is 0 Å². The molecule has 4 heteroatoms. The molecule has 0 bridgehead atoms. The molecule has 33 heavy (non-hydrogen) atoms. The van der Waals surface area contributed by atoms with Crippen molar-refractivity contribution in [1.82, 2.24) is 0 Å². The first-order valence-corrected chi connectivity index (χ1v) is 13.0. The molecule has 1 heterocycles. The molecule has 0 spiro atoms. The van der Waals surface area contributed by atoms with Gasteiger partial charge in [0.2, 0.25) is 0 Å². The number of halogens is 1. The summed E-state index contributed by atoms with van der Waals surface area (Å²) in [6.45, 7) is 6.29. The first-order chi connectivity index (χ1) is 16.0. The molecule has 0 amide bonds. The summed E-state index contributed by atoms with van der Waals surface area (Å²) in [6, 6.07) is 13.1. The highest BCUT2D eigenvalue weighted by molar-refractivity contribution is 6.31. The van der Waals surface area contributed by atoms with Crippen LogP contribution in [0, 0.1) is 24.7 Å². The Balaban J connectivity index is 1.33. The lowest BCUT2D eigenvalue weighted by atomic mass is 9.89. The van der Waals surface area contributed by atoms with Gasteiger partial charge in [-0.05, 0) is 92.8 Å². The van der Waals surface area contributed by atoms with Crippen LogP contribution in [0.5, 0.6) is 5.75 Å². The summed E-state index contributed by atoms with van der Waals surface area (Å²) in [5, 5.41) is 9.46. The molecule has 1 fully saturated rings. The van der Waals surface area contributed by atoms with Gasteiger partial charge in [-0.25, -0.2) is 0 Å². The van der Waals surface area contributed by atoms with Crippen molar-refractivity contribution < 1.29 is 4.74 Å². The van der Waals surface area contributed by atoms with E-state index >= 15 is 0 Å². The molecule has 0 N–H and O–H groups in total. The monoisotopic (exact) mass is 462 g/mol. The first kappa shape index (κ1) is 22.7. The molecule has 0 aromatic heterocycles. The van der Waals surface area contributed by atoms with E-state index in [2.05, 4.69) is 67.4 Å². The van der Waals surface area contributed by atoms with Crippen LogP contribution in [0.3, 0.4) is 0 Å². The van der Waals surface area contributed by atoms with E-state index < -0.39 is 0 Å². The lowest BCUT2D eigenvalue weighted by Gasteiger charge is -2.25. The van der Waals surface area contributed by atoms with E-state index in [1.54, 1.807) is 0 Å². The van der Waals surface area contributed by atoms with E-state index in [9.17, 15) is 0 Å². The summed E-state index contributed by atoms with van der Waals surface area (Å²) in [4.78, 5) is 0. The smallest absolute Gasteiger partial charge is 0.127 e. The van der Waals surface area contributed by atoms with E-state index in [0.717, 1.165) is 47.4 Å². The number of hydrogen-bond acceptors (Lipinski definition) is 3. The lowest BCUT2D eigenvalue weighted by molar-refractivity contribution is 0.132. The molecule has 3 unspecified atom stereocenters. The molecule has 3 aliphatic rings. The van der Waals surface area contributed by atoms with Crippen LogP contribution in [0.2, 0.25) is 5.02 Å². The van der Waals surface area contributed by atoms with Crippen molar-refractivity contribution in [2.24, 2.45) is 28.0 Å². The maximum absolute atomic E-state index is 6.72. The van der Waals surface area contributed by atoms with E-state index in [-0.39, 0.29) is 6.10 Å². The number of hydrogen-bond donors (Lipinski definition) is 0. The second-order valence-corrected chi connectivity index (χ2v) is 10.9. The Labute approximate surface area is 203 Å². The number of benzene rings is 2. The molecule has 174 valence electrons. The fourth-order valence-electron chi connectivity index (χ4n) is 6.08. The Morgan fingerprint density at radius 1 is 0.970 bits per heavy atom. The van der Waals surface area contributed by atoms with Crippen molar-refractivity contribution in [1.29, 1.82) is 0 Å². The van der Waals surface area contributed by atoms with Gasteiger partial charge in [0.15, 0.2) is 0 Å². The van der Waals surface area contributed by atoms with Crippen LogP contribution in [0.1, 0.15) is 80.7 Å². The van der Waals surface area contributed by atoms with Gasteiger partial charge in [0.05, 0.1) is 0 Å². The lowest BCUT2D eigenvalue weighted by Crippen LogP contribution is -2.20. The fourth-order valence-corrected chi connectivity index (χ4v) is 6.44. The minimum absolute atomic E-state index is 0.0930. The van der Waals surface area contributed by atoms with Gasteiger partial charge in [-0.3, -0.25) is 0 Å². The standard InChI is InChI=1S/C29H35ClN2O/c1-18-12-27-26(28(30)13-18)17-24(16-21-6-4-5-7-21)29(27)33-25-10-8-22(9-11-25)15-23-14-19(2)31-32-20(23)3/h8-13,21,23-24,29H,4-7,14-17H2,1-3H3. The molecule has 3 atom stereocenters. The van der Waals surface area contributed by atoms with Crippen molar-refractivity contribution in [2.45, 2.75) is 78.2 Å². The van der Waals surface area contributed by atoms with Crippen LogP contribution in [0.15, 0.2) is 46.6 Å². The minimum atomic E-state index is 0.0930. The number of nitrogens with zero attached hydrogens (tertiary/aromatic N) is 2. The van der Waals surface area contributed by atoms with E-state index in [1.807, 2.05) is 0 Å². The van der Waals surface area contributed by atoms with Crippen LogP contribution >= 0.6 is 11.6 Å². The minimum Gasteiger partial charge on any atom is -0.485 e. The molecule has 2 aliphatic carbocycles. The fraction of sp³-hybridized carbons (Fsp3) is 0.517. The summed E-state index contributed by atoms with van der Waals surface area (Å²) in [5.41, 5.74) is 7.39. The molecule has 1 aliphatic heterocycles. The predicted octanol–water partition coefficient (Wildman–Crippen LogP) is 7.92. The third-order valence-corrected chi connectivity index (χ3v) is 8.20. The Bertz CT molecular complexity index is 1070. The highest BCUT2D eigenvalue weighted by Gasteiger charge is 2.37. The zero-order chi connectivity index (χ0) is 22.9.